The van der Waals surface area contributed by atoms with Crippen molar-refractivity contribution in [2.45, 2.75) is 37.6 Å². The summed E-state index contributed by atoms with van der Waals surface area (Å²) in [6.07, 6.45) is 3.24. The number of amides is 2. The van der Waals surface area contributed by atoms with Gasteiger partial charge in [0.05, 0.1) is 30.7 Å². The number of carbonyl (C=O) groups excluding carboxylic acids is 1. The number of sulfone groups is 1. The second-order valence-corrected chi connectivity index (χ2v) is 10.3. The first kappa shape index (κ1) is 21.5. The van der Waals surface area contributed by atoms with Crippen LogP contribution in [0.4, 0.5) is 16.3 Å². The highest BCUT2D eigenvalue weighted by molar-refractivity contribution is 7.89. The van der Waals surface area contributed by atoms with Crippen molar-refractivity contribution in [3.63, 3.8) is 0 Å². The molecule has 2 N–H and O–H groups in total. The summed E-state index contributed by atoms with van der Waals surface area (Å²) in [5.74, 6) is 0.976. The number of rotatable bonds is 6. The van der Waals surface area contributed by atoms with Gasteiger partial charge in [0, 0.05) is 36.2 Å². The number of urea groups is 1. The Kier molecular flexibility index (Phi) is 6.10. The van der Waals surface area contributed by atoms with Gasteiger partial charge in [-0.3, -0.25) is 0 Å². The SMILES string of the molecule is C[C@H]1COCCN1c1cc(CS(C)(=O)=O)nc(-c2ccc(NC(=O)NC3CC3)cc2)n1. The van der Waals surface area contributed by atoms with Crippen LogP contribution in [0.15, 0.2) is 30.3 Å². The van der Waals surface area contributed by atoms with Crippen LogP contribution in [0.3, 0.4) is 0 Å². The lowest BCUT2D eigenvalue weighted by molar-refractivity contribution is 0.0985. The van der Waals surface area contributed by atoms with Crippen LogP contribution < -0.4 is 15.5 Å². The molecule has 9 nitrogen and oxygen atoms in total. The Morgan fingerprint density at radius 1 is 1.23 bits per heavy atom. The lowest BCUT2D eigenvalue weighted by Gasteiger charge is -2.34. The molecular weight excluding hydrogens is 418 g/mol. The lowest BCUT2D eigenvalue weighted by atomic mass is 10.2. The maximum absolute atomic E-state index is 11.9. The van der Waals surface area contributed by atoms with E-state index in [4.69, 9.17) is 9.72 Å². The zero-order valence-electron chi connectivity index (χ0n) is 17.7. The molecule has 1 aromatic heterocycles. The van der Waals surface area contributed by atoms with Gasteiger partial charge in [0.25, 0.3) is 0 Å². The van der Waals surface area contributed by atoms with Crippen molar-refractivity contribution in [3.05, 3.63) is 36.0 Å². The van der Waals surface area contributed by atoms with E-state index in [2.05, 4.69) is 20.5 Å². The first-order chi connectivity index (χ1) is 14.8. The predicted octanol–water partition coefficient (Wildman–Crippen LogP) is 2.20. The van der Waals surface area contributed by atoms with Gasteiger partial charge < -0.3 is 20.3 Å². The van der Waals surface area contributed by atoms with E-state index in [1.165, 1.54) is 6.26 Å². The number of benzene rings is 1. The van der Waals surface area contributed by atoms with Crippen LogP contribution in [0.5, 0.6) is 0 Å². The third-order valence-electron chi connectivity index (χ3n) is 5.15. The van der Waals surface area contributed by atoms with Gasteiger partial charge in [0.15, 0.2) is 15.7 Å². The Balaban J connectivity index is 1.60. The van der Waals surface area contributed by atoms with Crippen molar-refractivity contribution in [1.29, 1.82) is 0 Å². The highest BCUT2D eigenvalue weighted by atomic mass is 32.2. The van der Waals surface area contributed by atoms with E-state index >= 15 is 0 Å². The van der Waals surface area contributed by atoms with Crippen molar-refractivity contribution in [2.24, 2.45) is 0 Å². The van der Waals surface area contributed by atoms with Crippen LogP contribution in [0.25, 0.3) is 11.4 Å². The van der Waals surface area contributed by atoms with Gasteiger partial charge in [-0.15, -0.1) is 0 Å². The Labute approximate surface area is 182 Å². The van der Waals surface area contributed by atoms with E-state index in [0.29, 0.717) is 42.8 Å². The van der Waals surface area contributed by atoms with Gasteiger partial charge in [-0.05, 0) is 44.0 Å². The van der Waals surface area contributed by atoms with Crippen molar-refractivity contribution >= 4 is 27.4 Å². The number of ether oxygens (including phenoxy) is 1. The third-order valence-corrected chi connectivity index (χ3v) is 5.97. The molecule has 1 aromatic carbocycles. The highest BCUT2D eigenvalue weighted by Gasteiger charge is 2.24. The molecule has 2 aromatic rings. The van der Waals surface area contributed by atoms with Crippen molar-refractivity contribution in [2.75, 3.05) is 36.2 Å². The fourth-order valence-electron chi connectivity index (χ4n) is 3.45. The van der Waals surface area contributed by atoms with E-state index < -0.39 is 9.84 Å². The summed E-state index contributed by atoms with van der Waals surface area (Å²) in [6, 6.07) is 9.13. The number of carbonyl (C=O) groups is 1. The molecule has 10 heteroatoms. The zero-order chi connectivity index (χ0) is 22.0. The summed E-state index contributed by atoms with van der Waals surface area (Å²) >= 11 is 0. The maximum Gasteiger partial charge on any atom is 0.319 e. The minimum Gasteiger partial charge on any atom is -0.377 e. The van der Waals surface area contributed by atoms with Crippen LogP contribution in [0.1, 0.15) is 25.5 Å². The standard InChI is InChI=1S/C21H27N5O4S/c1-14-12-30-10-9-26(14)19-11-18(13-31(2,28)29)22-20(25-19)15-3-5-16(6-4-15)23-21(27)24-17-7-8-17/h3-6,11,14,17H,7-10,12-13H2,1-2H3,(H2,23,24,27)/t14-/m0/s1. The smallest absolute Gasteiger partial charge is 0.319 e. The van der Waals surface area contributed by atoms with E-state index in [1.807, 2.05) is 19.1 Å². The Hall–Kier alpha value is -2.72. The van der Waals surface area contributed by atoms with Crippen LogP contribution in [0.2, 0.25) is 0 Å². The summed E-state index contributed by atoms with van der Waals surface area (Å²) in [6.45, 7) is 3.90. The normalized spacial score (nSPS) is 19.2. The summed E-state index contributed by atoms with van der Waals surface area (Å²) in [5, 5.41) is 5.69. The predicted molar refractivity (Wildman–Crippen MR) is 119 cm³/mol. The molecule has 1 saturated heterocycles. The van der Waals surface area contributed by atoms with Gasteiger partial charge in [-0.1, -0.05) is 0 Å². The molecule has 1 saturated carbocycles. The van der Waals surface area contributed by atoms with E-state index in [1.54, 1.807) is 18.2 Å². The molecule has 0 spiro atoms. The van der Waals surface area contributed by atoms with Crippen molar-refractivity contribution < 1.29 is 17.9 Å². The quantitative estimate of drug-likeness (QED) is 0.701. The zero-order valence-corrected chi connectivity index (χ0v) is 18.5. The van der Waals surface area contributed by atoms with Gasteiger partial charge in [0.1, 0.15) is 5.82 Å². The van der Waals surface area contributed by atoms with Crippen LogP contribution >= 0.6 is 0 Å². The number of nitrogens with zero attached hydrogens (tertiary/aromatic N) is 3. The van der Waals surface area contributed by atoms with Crippen molar-refractivity contribution in [1.82, 2.24) is 15.3 Å². The third kappa shape index (κ3) is 5.92. The lowest BCUT2D eigenvalue weighted by Crippen LogP contribution is -2.44. The topological polar surface area (TPSA) is 114 Å². The summed E-state index contributed by atoms with van der Waals surface area (Å²) in [4.78, 5) is 23.2. The number of hydrogen-bond acceptors (Lipinski definition) is 7. The molecule has 31 heavy (non-hydrogen) atoms. The molecule has 1 atom stereocenters. The highest BCUT2D eigenvalue weighted by Crippen LogP contribution is 2.25. The summed E-state index contributed by atoms with van der Waals surface area (Å²) in [7, 11) is -3.25. The fourth-order valence-corrected chi connectivity index (χ4v) is 4.14. The molecule has 1 aliphatic carbocycles. The van der Waals surface area contributed by atoms with Gasteiger partial charge >= 0.3 is 6.03 Å². The Morgan fingerprint density at radius 3 is 2.61 bits per heavy atom. The molecule has 1 aliphatic heterocycles. The molecular formula is C21H27N5O4S. The van der Waals surface area contributed by atoms with E-state index in [-0.39, 0.29) is 23.9 Å². The molecule has 2 amide bonds. The van der Waals surface area contributed by atoms with Gasteiger partial charge in [0.2, 0.25) is 0 Å². The van der Waals surface area contributed by atoms with Crippen LogP contribution in [-0.4, -0.2) is 62.5 Å². The molecule has 0 radical (unpaired) electrons. The molecule has 0 unspecified atom stereocenters. The monoisotopic (exact) mass is 445 g/mol. The molecule has 2 aliphatic rings. The molecule has 2 fully saturated rings. The second kappa shape index (κ2) is 8.80. The second-order valence-electron chi connectivity index (χ2n) is 8.18. The number of hydrogen-bond donors (Lipinski definition) is 2. The average Bonchev–Trinajstić information content (AvgIpc) is 3.51. The average molecular weight is 446 g/mol. The minimum absolute atomic E-state index is 0.124. The molecule has 0 bridgehead atoms. The number of nitrogens with one attached hydrogen (secondary N) is 2. The van der Waals surface area contributed by atoms with Gasteiger partial charge in [-0.2, -0.15) is 0 Å². The van der Waals surface area contributed by atoms with Crippen molar-refractivity contribution in [3.8, 4) is 11.4 Å². The largest absolute Gasteiger partial charge is 0.377 e. The van der Waals surface area contributed by atoms with E-state index in [9.17, 15) is 13.2 Å². The van der Waals surface area contributed by atoms with Gasteiger partial charge in [-0.25, -0.2) is 23.2 Å². The number of morpholine rings is 1. The maximum atomic E-state index is 11.9. The number of aromatic nitrogens is 2. The fraction of sp³-hybridized carbons (Fsp3) is 0.476. The summed E-state index contributed by atoms with van der Waals surface area (Å²) in [5.41, 5.74) is 1.86. The number of anilines is 2. The van der Waals surface area contributed by atoms with E-state index in [0.717, 1.165) is 18.4 Å². The minimum atomic E-state index is -3.25. The Morgan fingerprint density at radius 2 is 1.97 bits per heavy atom. The van der Waals surface area contributed by atoms with Crippen LogP contribution in [-0.2, 0) is 20.3 Å². The molecule has 2 heterocycles. The first-order valence-corrected chi connectivity index (χ1v) is 12.4. The van der Waals surface area contributed by atoms with Crippen LogP contribution in [0, 0.1) is 0 Å². The summed E-state index contributed by atoms with van der Waals surface area (Å²) < 4.78 is 29.3. The first-order valence-electron chi connectivity index (χ1n) is 10.3. The molecule has 166 valence electrons. The Bertz CT molecular complexity index is 1050. The molecule has 4 rings (SSSR count).